The lowest BCUT2D eigenvalue weighted by atomic mass is 10.1. The monoisotopic (exact) mass is 215 g/mol. The molecule has 1 N–H and O–H groups in total. The van der Waals surface area contributed by atoms with Crippen molar-refractivity contribution in [3.63, 3.8) is 0 Å². The highest BCUT2D eigenvalue weighted by Gasteiger charge is 2.29. The summed E-state index contributed by atoms with van der Waals surface area (Å²) in [6, 6.07) is 1.37. The molecule has 2 rings (SSSR count). The van der Waals surface area contributed by atoms with E-state index in [0.29, 0.717) is 12.1 Å². The minimum atomic E-state index is 0.474. The quantitative estimate of drug-likeness (QED) is 0.778. The molecule has 14 heavy (non-hydrogen) atoms. The number of methoxy groups -OCH3 is 1. The standard InChI is InChI=1S/C11H21NOS/c1-13-11-6-2-5-10(11)12-9-4-3-7-14-8-9/h9-12H,2-8H2,1H3/t9?,10-,11-/m1/s1. The van der Waals surface area contributed by atoms with Crippen LogP contribution in [0.5, 0.6) is 0 Å². The molecule has 2 fully saturated rings. The first kappa shape index (κ1) is 10.8. The Morgan fingerprint density at radius 3 is 2.86 bits per heavy atom. The van der Waals surface area contributed by atoms with Crippen LogP contribution in [-0.4, -0.2) is 36.8 Å². The number of ether oxygens (including phenoxy) is 1. The molecule has 1 saturated carbocycles. The Labute approximate surface area is 91.2 Å². The molecule has 0 spiro atoms. The molecule has 82 valence electrons. The average Bonchev–Trinajstić information content (AvgIpc) is 2.67. The molecular weight excluding hydrogens is 194 g/mol. The summed E-state index contributed by atoms with van der Waals surface area (Å²) in [5, 5.41) is 3.77. The fourth-order valence-corrected chi connectivity index (χ4v) is 3.66. The molecule has 1 aliphatic heterocycles. The molecule has 0 aromatic heterocycles. The van der Waals surface area contributed by atoms with Gasteiger partial charge in [0.05, 0.1) is 6.10 Å². The van der Waals surface area contributed by atoms with Crippen LogP contribution in [0, 0.1) is 0 Å². The summed E-state index contributed by atoms with van der Waals surface area (Å²) < 4.78 is 5.50. The first-order valence-electron chi connectivity index (χ1n) is 5.76. The highest BCUT2D eigenvalue weighted by atomic mass is 32.2. The first-order chi connectivity index (χ1) is 6.90. The van der Waals surface area contributed by atoms with E-state index in [1.54, 1.807) is 0 Å². The molecule has 1 aliphatic carbocycles. The van der Waals surface area contributed by atoms with Gasteiger partial charge in [-0.1, -0.05) is 0 Å². The minimum Gasteiger partial charge on any atom is -0.380 e. The van der Waals surface area contributed by atoms with Gasteiger partial charge in [0.1, 0.15) is 0 Å². The van der Waals surface area contributed by atoms with Crippen LogP contribution in [0.3, 0.4) is 0 Å². The van der Waals surface area contributed by atoms with E-state index < -0.39 is 0 Å². The van der Waals surface area contributed by atoms with E-state index in [4.69, 9.17) is 4.74 Å². The van der Waals surface area contributed by atoms with Crippen molar-refractivity contribution < 1.29 is 4.74 Å². The van der Waals surface area contributed by atoms with E-state index in [-0.39, 0.29) is 0 Å². The molecule has 3 atom stereocenters. The van der Waals surface area contributed by atoms with Crippen LogP contribution >= 0.6 is 11.8 Å². The third-order valence-corrected chi connectivity index (χ3v) is 4.58. The van der Waals surface area contributed by atoms with Gasteiger partial charge in [-0.05, 0) is 37.9 Å². The van der Waals surface area contributed by atoms with Crippen LogP contribution in [-0.2, 0) is 4.74 Å². The van der Waals surface area contributed by atoms with Gasteiger partial charge in [0, 0.05) is 24.9 Å². The Hall–Kier alpha value is 0.270. The van der Waals surface area contributed by atoms with E-state index in [0.717, 1.165) is 6.04 Å². The Balaban J connectivity index is 1.77. The molecule has 1 heterocycles. The Morgan fingerprint density at radius 2 is 2.14 bits per heavy atom. The van der Waals surface area contributed by atoms with Crippen LogP contribution in [0.25, 0.3) is 0 Å². The number of hydrogen-bond acceptors (Lipinski definition) is 3. The lowest BCUT2D eigenvalue weighted by Gasteiger charge is -2.28. The number of rotatable bonds is 3. The van der Waals surface area contributed by atoms with Gasteiger partial charge in [-0.15, -0.1) is 0 Å². The molecule has 0 amide bonds. The van der Waals surface area contributed by atoms with E-state index in [1.807, 2.05) is 7.11 Å². The Morgan fingerprint density at radius 1 is 1.21 bits per heavy atom. The highest BCUT2D eigenvalue weighted by Crippen LogP contribution is 2.24. The number of hydrogen-bond donors (Lipinski definition) is 1. The zero-order chi connectivity index (χ0) is 9.80. The second-order valence-corrected chi connectivity index (χ2v) is 5.54. The van der Waals surface area contributed by atoms with Crippen molar-refractivity contribution in [3.05, 3.63) is 0 Å². The molecule has 2 aliphatic rings. The Kier molecular flexibility index (Phi) is 4.14. The average molecular weight is 215 g/mol. The summed E-state index contributed by atoms with van der Waals surface area (Å²) in [4.78, 5) is 0. The fraction of sp³-hybridized carbons (Fsp3) is 1.00. The SMILES string of the molecule is CO[C@@H]1CCC[C@H]1NC1CCCSC1. The molecule has 0 radical (unpaired) electrons. The van der Waals surface area contributed by atoms with Gasteiger partial charge in [0.2, 0.25) is 0 Å². The largest absolute Gasteiger partial charge is 0.380 e. The third kappa shape index (κ3) is 2.65. The van der Waals surface area contributed by atoms with Gasteiger partial charge >= 0.3 is 0 Å². The minimum absolute atomic E-state index is 0.474. The second kappa shape index (κ2) is 5.38. The predicted molar refractivity (Wildman–Crippen MR) is 61.9 cm³/mol. The molecule has 3 heteroatoms. The highest BCUT2D eigenvalue weighted by molar-refractivity contribution is 7.99. The predicted octanol–water partition coefficient (Wildman–Crippen LogP) is 2.04. The normalized spacial score (nSPS) is 38.8. The smallest absolute Gasteiger partial charge is 0.0724 e. The lowest BCUT2D eigenvalue weighted by molar-refractivity contribution is 0.0816. The molecule has 2 nitrogen and oxygen atoms in total. The summed E-state index contributed by atoms with van der Waals surface area (Å²) in [6.07, 6.45) is 7.10. The molecule has 0 aromatic rings. The topological polar surface area (TPSA) is 21.3 Å². The first-order valence-corrected chi connectivity index (χ1v) is 6.92. The van der Waals surface area contributed by atoms with E-state index >= 15 is 0 Å². The van der Waals surface area contributed by atoms with Crippen molar-refractivity contribution in [3.8, 4) is 0 Å². The van der Waals surface area contributed by atoms with Crippen LogP contribution in [0.15, 0.2) is 0 Å². The van der Waals surface area contributed by atoms with Crippen LogP contribution in [0.2, 0.25) is 0 Å². The fourth-order valence-electron chi connectivity index (χ4n) is 2.57. The van der Waals surface area contributed by atoms with E-state index in [1.165, 1.54) is 43.6 Å². The van der Waals surface area contributed by atoms with Crippen molar-refractivity contribution in [1.29, 1.82) is 0 Å². The van der Waals surface area contributed by atoms with E-state index in [9.17, 15) is 0 Å². The third-order valence-electron chi connectivity index (χ3n) is 3.37. The van der Waals surface area contributed by atoms with E-state index in [2.05, 4.69) is 17.1 Å². The van der Waals surface area contributed by atoms with Gasteiger partial charge < -0.3 is 10.1 Å². The van der Waals surface area contributed by atoms with Crippen LogP contribution in [0.4, 0.5) is 0 Å². The summed E-state index contributed by atoms with van der Waals surface area (Å²) in [6.45, 7) is 0. The molecule has 0 aromatic carbocycles. The van der Waals surface area contributed by atoms with Gasteiger partial charge in [-0.25, -0.2) is 0 Å². The number of thioether (sulfide) groups is 1. The van der Waals surface area contributed by atoms with Gasteiger partial charge in [-0.3, -0.25) is 0 Å². The maximum absolute atomic E-state index is 5.50. The van der Waals surface area contributed by atoms with Crippen molar-refractivity contribution in [2.24, 2.45) is 0 Å². The number of nitrogens with one attached hydrogen (secondary N) is 1. The molecule has 1 unspecified atom stereocenters. The summed E-state index contributed by atoms with van der Waals surface area (Å²) >= 11 is 2.09. The van der Waals surface area contributed by atoms with Crippen LogP contribution in [0.1, 0.15) is 32.1 Å². The maximum atomic E-state index is 5.50. The van der Waals surface area contributed by atoms with Crippen molar-refractivity contribution in [2.45, 2.75) is 50.3 Å². The lowest BCUT2D eigenvalue weighted by Crippen LogP contribution is -2.45. The zero-order valence-corrected chi connectivity index (χ0v) is 9.81. The van der Waals surface area contributed by atoms with Crippen LogP contribution < -0.4 is 5.32 Å². The second-order valence-electron chi connectivity index (χ2n) is 4.39. The van der Waals surface area contributed by atoms with Crippen molar-refractivity contribution in [2.75, 3.05) is 18.6 Å². The van der Waals surface area contributed by atoms with Gasteiger partial charge in [0.15, 0.2) is 0 Å². The molecule has 1 saturated heterocycles. The van der Waals surface area contributed by atoms with Crippen molar-refractivity contribution in [1.82, 2.24) is 5.32 Å². The summed E-state index contributed by atoms with van der Waals surface area (Å²) in [5.74, 6) is 2.66. The maximum Gasteiger partial charge on any atom is 0.0724 e. The zero-order valence-electron chi connectivity index (χ0n) is 9.00. The summed E-state index contributed by atoms with van der Waals surface area (Å²) in [5.41, 5.74) is 0. The van der Waals surface area contributed by atoms with Crippen molar-refractivity contribution >= 4 is 11.8 Å². The Bertz CT molecular complexity index is 171. The summed E-state index contributed by atoms with van der Waals surface area (Å²) in [7, 11) is 1.85. The molecular formula is C11H21NOS. The van der Waals surface area contributed by atoms with Gasteiger partial charge in [-0.2, -0.15) is 11.8 Å². The molecule has 0 bridgehead atoms. The van der Waals surface area contributed by atoms with Gasteiger partial charge in [0.25, 0.3) is 0 Å².